The van der Waals surface area contributed by atoms with E-state index in [1.807, 2.05) is 57.1 Å². The van der Waals surface area contributed by atoms with Gasteiger partial charge in [-0.2, -0.15) is 0 Å². The van der Waals surface area contributed by atoms with Gasteiger partial charge in [-0.3, -0.25) is 4.79 Å². The van der Waals surface area contributed by atoms with Gasteiger partial charge in [-0.15, -0.1) is 0 Å². The van der Waals surface area contributed by atoms with Crippen LogP contribution in [0.25, 0.3) is 0 Å². The number of ether oxygens (including phenoxy) is 1. The third-order valence-electron chi connectivity index (χ3n) is 3.27. The Bertz CT molecular complexity index is 560. The molecule has 1 atom stereocenters. The maximum absolute atomic E-state index is 12.5. The summed E-state index contributed by atoms with van der Waals surface area (Å²) in [6, 6.07) is 6.83. The first-order chi connectivity index (χ1) is 11.0. The lowest BCUT2D eigenvalue weighted by atomic mass is 10.0. The highest BCUT2D eigenvalue weighted by Crippen LogP contribution is 2.17. The van der Waals surface area contributed by atoms with Crippen molar-refractivity contribution in [2.75, 3.05) is 24.3 Å². The molecule has 6 heteroatoms. The van der Waals surface area contributed by atoms with Crippen LogP contribution in [0.3, 0.4) is 0 Å². The number of anilines is 2. The number of amides is 2. The van der Waals surface area contributed by atoms with Crippen molar-refractivity contribution in [1.82, 2.24) is 5.32 Å². The van der Waals surface area contributed by atoms with Gasteiger partial charge in [0.25, 0.3) is 0 Å². The second kappa shape index (κ2) is 8.04. The minimum absolute atomic E-state index is 0.0708. The minimum Gasteiger partial charge on any atom is -0.444 e. The topological polar surface area (TPSA) is 70.7 Å². The van der Waals surface area contributed by atoms with E-state index in [0.717, 1.165) is 5.69 Å². The maximum atomic E-state index is 12.5. The molecule has 0 bridgehead atoms. The Labute approximate surface area is 144 Å². The van der Waals surface area contributed by atoms with E-state index in [4.69, 9.17) is 4.74 Å². The maximum Gasteiger partial charge on any atom is 0.408 e. The molecule has 0 unspecified atom stereocenters. The highest BCUT2D eigenvalue weighted by Gasteiger charge is 2.26. The summed E-state index contributed by atoms with van der Waals surface area (Å²) in [7, 11) is 3.90. The van der Waals surface area contributed by atoms with Crippen molar-refractivity contribution in [1.29, 1.82) is 0 Å². The minimum atomic E-state index is -0.673. The standard InChI is InChI=1S/C18H29N3O3/c1-12(2)15(20-17(23)24-18(3,4)5)16(22)19-13-8-10-14(11-9-13)21(6)7/h8-12,15H,1-7H3,(H,19,22)(H,20,23)/t15-/m0/s1. The number of nitrogens with one attached hydrogen (secondary N) is 2. The molecule has 0 fully saturated rings. The second-order valence-corrected chi connectivity index (χ2v) is 7.30. The predicted molar refractivity (Wildman–Crippen MR) is 97.4 cm³/mol. The Balaban J connectivity index is 2.74. The van der Waals surface area contributed by atoms with Crippen molar-refractivity contribution < 1.29 is 14.3 Å². The first-order valence-electron chi connectivity index (χ1n) is 8.07. The summed E-state index contributed by atoms with van der Waals surface area (Å²) in [5.74, 6) is -0.341. The summed E-state index contributed by atoms with van der Waals surface area (Å²) in [5.41, 5.74) is 1.12. The molecule has 6 nitrogen and oxygen atoms in total. The van der Waals surface area contributed by atoms with Gasteiger partial charge in [-0.1, -0.05) is 13.8 Å². The summed E-state index contributed by atoms with van der Waals surface area (Å²) < 4.78 is 5.23. The molecule has 1 aromatic carbocycles. The molecule has 2 N–H and O–H groups in total. The molecular weight excluding hydrogens is 306 g/mol. The monoisotopic (exact) mass is 335 g/mol. The van der Waals surface area contributed by atoms with E-state index in [-0.39, 0.29) is 11.8 Å². The van der Waals surface area contributed by atoms with Crippen LogP contribution < -0.4 is 15.5 Å². The van der Waals surface area contributed by atoms with Crippen LogP contribution in [-0.4, -0.2) is 37.7 Å². The predicted octanol–water partition coefficient (Wildman–Crippen LogP) is 3.24. The Morgan fingerprint density at radius 2 is 1.62 bits per heavy atom. The lowest BCUT2D eigenvalue weighted by Crippen LogP contribution is -2.48. The van der Waals surface area contributed by atoms with E-state index in [1.54, 1.807) is 20.8 Å². The van der Waals surface area contributed by atoms with Crippen LogP contribution in [0.15, 0.2) is 24.3 Å². The van der Waals surface area contributed by atoms with Crippen molar-refractivity contribution in [3.63, 3.8) is 0 Å². The Morgan fingerprint density at radius 1 is 1.08 bits per heavy atom. The number of carbonyl (C=O) groups excluding carboxylic acids is 2. The molecule has 0 aliphatic heterocycles. The van der Waals surface area contributed by atoms with Crippen LogP contribution in [0, 0.1) is 5.92 Å². The van der Waals surface area contributed by atoms with Gasteiger partial charge in [-0.05, 0) is 51.0 Å². The van der Waals surface area contributed by atoms with E-state index in [9.17, 15) is 9.59 Å². The van der Waals surface area contributed by atoms with Gasteiger partial charge in [-0.25, -0.2) is 4.79 Å². The normalized spacial score (nSPS) is 12.5. The molecule has 0 spiro atoms. The molecule has 0 aliphatic carbocycles. The third-order valence-corrected chi connectivity index (χ3v) is 3.27. The van der Waals surface area contributed by atoms with E-state index in [2.05, 4.69) is 10.6 Å². The molecule has 0 aromatic heterocycles. The van der Waals surface area contributed by atoms with Crippen molar-refractivity contribution >= 4 is 23.4 Å². The van der Waals surface area contributed by atoms with Crippen molar-refractivity contribution in [3.05, 3.63) is 24.3 Å². The number of alkyl carbamates (subject to hydrolysis) is 1. The van der Waals surface area contributed by atoms with Gasteiger partial charge in [0.05, 0.1) is 0 Å². The number of hydrogen-bond acceptors (Lipinski definition) is 4. The van der Waals surface area contributed by atoms with Crippen LogP contribution in [0.4, 0.5) is 16.2 Å². The van der Waals surface area contributed by atoms with Crippen LogP contribution in [0.2, 0.25) is 0 Å². The molecule has 24 heavy (non-hydrogen) atoms. The largest absolute Gasteiger partial charge is 0.444 e. The fourth-order valence-corrected chi connectivity index (χ4v) is 2.03. The summed E-state index contributed by atoms with van der Waals surface area (Å²) in [5, 5.41) is 5.47. The number of carbonyl (C=O) groups is 2. The highest BCUT2D eigenvalue weighted by atomic mass is 16.6. The quantitative estimate of drug-likeness (QED) is 0.866. The summed E-state index contributed by atoms with van der Waals surface area (Å²) >= 11 is 0. The zero-order valence-electron chi connectivity index (χ0n) is 15.6. The first-order valence-corrected chi connectivity index (χ1v) is 8.07. The SMILES string of the molecule is CC(C)[C@H](NC(=O)OC(C)(C)C)C(=O)Nc1ccc(N(C)C)cc1. The highest BCUT2D eigenvalue weighted by molar-refractivity contribution is 5.96. The Morgan fingerprint density at radius 3 is 2.04 bits per heavy atom. The van der Waals surface area contributed by atoms with Gasteiger partial charge in [0.15, 0.2) is 0 Å². The van der Waals surface area contributed by atoms with Gasteiger partial charge in [0.2, 0.25) is 5.91 Å². The number of nitrogens with zero attached hydrogens (tertiary/aromatic N) is 1. The molecule has 0 heterocycles. The third kappa shape index (κ3) is 6.48. The van der Waals surface area contributed by atoms with Crippen molar-refractivity contribution in [2.24, 2.45) is 5.92 Å². The molecule has 2 amide bonds. The summed E-state index contributed by atoms with van der Waals surface area (Å²) in [4.78, 5) is 26.4. The molecule has 0 saturated carbocycles. The van der Waals surface area contributed by atoms with E-state index >= 15 is 0 Å². The zero-order valence-corrected chi connectivity index (χ0v) is 15.6. The summed E-state index contributed by atoms with van der Waals surface area (Å²) in [6.45, 7) is 9.09. The molecule has 1 aromatic rings. The molecule has 134 valence electrons. The van der Waals surface area contributed by atoms with Crippen LogP contribution in [-0.2, 0) is 9.53 Å². The van der Waals surface area contributed by atoms with E-state index in [0.29, 0.717) is 5.69 Å². The molecule has 1 rings (SSSR count). The van der Waals surface area contributed by atoms with Gasteiger partial charge in [0, 0.05) is 25.5 Å². The lowest BCUT2D eigenvalue weighted by molar-refractivity contribution is -0.119. The van der Waals surface area contributed by atoms with E-state index < -0.39 is 17.7 Å². The second-order valence-electron chi connectivity index (χ2n) is 7.30. The zero-order chi connectivity index (χ0) is 18.5. The number of benzene rings is 1. The van der Waals surface area contributed by atoms with Gasteiger partial charge in [0.1, 0.15) is 11.6 Å². The molecular formula is C18H29N3O3. The van der Waals surface area contributed by atoms with Gasteiger partial charge < -0.3 is 20.3 Å². The Hall–Kier alpha value is -2.24. The average Bonchev–Trinajstić information content (AvgIpc) is 2.43. The first kappa shape index (κ1) is 19.8. The van der Waals surface area contributed by atoms with Crippen molar-refractivity contribution in [3.8, 4) is 0 Å². The smallest absolute Gasteiger partial charge is 0.408 e. The number of rotatable bonds is 5. The van der Waals surface area contributed by atoms with Crippen molar-refractivity contribution in [2.45, 2.75) is 46.3 Å². The summed E-state index contributed by atoms with van der Waals surface area (Å²) in [6.07, 6.45) is -0.598. The Kier molecular flexibility index (Phi) is 6.63. The average molecular weight is 335 g/mol. The fraction of sp³-hybridized carbons (Fsp3) is 0.556. The molecule has 0 radical (unpaired) electrons. The van der Waals surface area contributed by atoms with Gasteiger partial charge >= 0.3 is 6.09 Å². The number of hydrogen-bond donors (Lipinski definition) is 2. The fourth-order valence-electron chi connectivity index (χ4n) is 2.03. The molecule has 0 saturated heterocycles. The lowest BCUT2D eigenvalue weighted by Gasteiger charge is -2.25. The van der Waals surface area contributed by atoms with E-state index in [1.165, 1.54) is 0 Å². The van der Waals surface area contributed by atoms with Crippen LogP contribution >= 0.6 is 0 Å². The van der Waals surface area contributed by atoms with Crippen LogP contribution in [0.5, 0.6) is 0 Å². The van der Waals surface area contributed by atoms with Crippen LogP contribution in [0.1, 0.15) is 34.6 Å². The molecule has 0 aliphatic rings.